The maximum absolute atomic E-state index is 14.9. The Hall–Kier alpha value is -4.58. The molecular formula is C27H28F2N6O4. The maximum Gasteiger partial charge on any atom is 0.247 e. The Kier molecular flexibility index (Phi) is 8.67. The van der Waals surface area contributed by atoms with Gasteiger partial charge in [0.15, 0.2) is 11.6 Å². The van der Waals surface area contributed by atoms with Gasteiger partial charge in [-0.2, -0.15) is 10.1 Å². The molecular weight excluding hydrogens is 510 g/mol. The molecule has 0 fully saturated rings. The van der Waals surface area contributed by atoms with E-state index in [-0.39, 0.29) is 17.3 Å². The molecule has 0 spiro atoms. The number of amides is 2. The number of hydrogen-bond donors (Lipinski definition) is 2. The Morgan fingerprint density at radius 3 is 2.44 bits per heavy atom. The summed E-state index contributed by atoms with van der Waals surface area (Å²) >= 11 is 0. The molecule has 0 unspecified atom stereocenters. The van der Waals surface area contributed by atoms with Crippen LogP contribution < -0.4 is 15.4 Å². The number of nitrogens with zero attached hydrogens (tertiary/aromatic N) is 4. The summed E-state index contributed by atoms with van der Waals surface area (Å²) in [7, 11) is 3.93. The lowest BCUT2D eigenvalue weighted by Crippen LogP contribution is -2.30. The van der Waals surface area contributed by atoms with Gasteiger partial charge in [-0.25, -0.2) is 13.8 Å². The molecule has 0 aliphatic carbocycles. The highest BCUT2D eigenvalue weighted by molar-refractivity contribution is 6.08. The zero-order valence-corrected chi connectivity index (χ0v) is 21.7. The van der Waals surface area contributed by atoms with E-state index >= 15 is 0 Å². The van der Waals surface area contributed by atoms with Crippen LogP contribution in [0, 0.1) is 11.6 Å². The molecule has 0 saturated heterocycles. The van der Waals surface area contributed by atoms with E-state index in [1.54, 1.807) is 11.2 Å². The highest BCUT2D eigenvalue weighted by Gasteiger charge is 2.27. The number of aliphatic imine (C=N–C) groups is 1. The molecule has 0 bridgehead atoms. The van der Waals surface area contributed by atoms with E-state index in [4.69, 9.17) is 9.47 Å². The van der Waals surface area contributed by atoms with Gasteiger partial charge in [0, 0.05) is 30.4 Å². The molecule has 4 rings (SSSR count). The lowest BCUT2D eigenvalue weighted by Gasteiger charge is -2.29. The average molecular weight is 539 g/mol. The molecule has 2 aliphatic rings. The number of carbonyl (C=O) groups excluding carboxylic acids is 2. The number of hydrogen-bond acceptors (Lipinski definition) is 8. The number of likely N-dealkylation sites (N-methyl/N-ethyl adjacent to an activating group) is 1. The molecule has 0 radical (unpaired) electrons. The lowest BCUT2D eigenvalue weighted by molar-refractivity contribution is -0.123. The molecule has 2 heterocycles. The van der Waals surface area contributed by atoms with Crippen LogP contribution >= 0.6 is 0 Å². The Morgan fingerprint density at radius 2 is 1.74 bits per heavy atom. The van der Waals surface area contributed by atoms with Crippen LogP contribution in [0.5, 0.6) is 5.75 Å². The van der Waals surface area contributed by atoms with Gasteiger partial charge in [-0.3, -0.25) is 9.59 Å². The van der Waals surface area contributed by atoms with Crippen LogP contribution in [0.2, 0.25) is 0 Å². The zero-order valence-electron chi connectivity index (χ0n) is 21.7. The van der Waals surface area contributed by atoms with Crippen LogP contribution in [-0.4, -0.2) is 61.2 Å². The second-order valence-electron chi connectivity index (χ2n) is 9.09. The highest BCUT2D eigenvalue weighted by Crippen LogP contribution is 2.30. The Bertz CT molecular complexity index is 1370. The Morgan fingerprint density at radius 1 is 1.05 bits per heavy atom. The second kappa shape index (κ2) is 12.3. The molecule has 204 valence electrons. The summed E-state index contributed by atoms with van der Waals surface area (Å²) in [6.45, 7) is 3.19. The van der Waals surface area contributed by atoms with E-state index in [9.17, 15) is 18.4 Å². The van der Waals surface area contributed by atoms with E-state index in [0.717, 1.165) is 23.9 Å². The fraction of sp³-hybridized carbons (Fsp3) is 0.259. The van der Waals surface area contributed by atoms with Crippen molar-refractivity contribution in [2.45, 2.75) is 19.8 Å². The first kappa shape index (κ1) is 27.5. The fourth-order valence-corrected chi connectivity index (χ4v) is 3.73. The Balaban J connectivity index is 1.35. The third-order valence-corrected chi connectivity index (χ3v) is 5.59. The minimum Gasteiger partial charge on any atom is -0.495 e. The van der Waals surface area contributed by atoms with Crippen molar-refractivity contribution in [1.82, 2.24) is 9.91 Å². The van der Waals surface area contributed by atoms with Gasteiger partial charge in [-0.1, -0.05) is 0 Å². The van der Waals surface area contributed by atoms with Gasteiger partial charge in [0.05, 0.1) is 6.20 Å². The largest absolute Gasteiger partial charge is 0.495 e. The van der Waals surface area contributed by atoms with Crippen LogP contribution in [0.1, 0.15) is 19.8 Å². The standard InChI is InChI=1S/C27H28F2N6O4/c1-17-12-21(38-11-10-34(2)3)15-35-26(17)27(30-16-31-35)39-23-9-8-20(13-22(23)29)33-25(37)14-24(36)32-19-6-4-18(28)5-7-19/h4-9,13,15-16H,10-12,14H2,1-3H3,(H,32,36)(H,33,37). The van der Waals surface area contributed by atoms with Crippen molar-refractivity contribution in [3.05, 3.63) is 77.3 Å². The van der Waals surface area contributed by atoms with Crippen LogP contribution in [0.15, 0.2) is 75.8 Å². The van der Waals surface area contributed by atoms with Gasteiger partial charge in [0.25, 0.3) is 0 Å². The predicted octanol–water partition coefficient (Wildman–Crippen LogP) is 4.07. The van der Waals surface area contributed by atoms with Crippen molar-refractivity contribution < 1.29 is 27.8 Å². The lowest BCUT2D eigenvalue weighted by atomic mass is 10.1. The SMILES string of the molecule is CC1=C2C(Oc3ccc(NC(=O)CC(=O)Nc4ccc(F)cc4)cc3F)=NC=NN2C=C(OCCN(C)C)C1. The first-order valence-corrected chi connectivity index (χ1v) is 12.1. The second-order valence-corrected chi connectivity index (χ2v) is 9.09. The van der Waals surface area contributed by atoms with Gasteiger partial charge in [-0.05, 0) is 63.0 Å². The van der Waals surface area contributed by atoms with Crippen molar-refractivity contribution >= 4 is 35.4 Å². The monoisotopic (exact) mass is 538 g/mol. The molecule has 10 nitrogen and oxygen atoms in total. The number of halogens is 2. The molecule has 12 heteroatoms. The van der Waals surface area contributed by atoms with Gasteiger partial charge < -0.3 is 25.0 Å². The number of benzene rings is 2. The van der Waals surface area contributed by atoms with Crippen LogP contribution in [0.3, 0.4) is 0 Å². The van der Waals surface area contributed by atoms with E-state index in [2.05, 4.69) is 20.7 Å². The number of carbonyl (C=O) groups is 2. The predicted molar refractivity (Wildman–Crippen MR) is 143 cm³/mol. The zero-order chi connectivity index (χ0) is 27.9. The summed E-state index contributed by atoms with van der Waals surface area (Å²) < 4.78 is 39.5. The third-order valence-electron chi connectivity index (χ3n) is 5.59. The molecule has 0 aromatic heterocycles. The van der Waals surface area contributed by atoms with Gasteiger partial charge >= 0.3 is 0 Å². The number of nitrogens with one attached hydrogen (secondary N) is 2. The maximum atomic E-state index is 14.9. The average Bonchev–Trinajstić information content (AvgIpc) is 2.86. The highest BCUT2D eigenvalue weighted by atomic mass is 19.1. The van der Waals surface area contributed by atoms with Crippen molar-refractivity contribution in [2.75, 3.05) is 37.9 Å². The minimum absolute atomic E-state index is 0.103. The van der Waals surface area contributed by atoms with Crippen molar-refractivity contribution in [1.29, 1.82) is 0 Å². The Labute approximate surface area is 224 Å². The van der Waals surface area contributed by atoms with E-state index in [1.807, 2.05) is 25.9 Å². The molecule has 0 atom stereocenters. The number of fused-ring (bicyclic) bond motifs is 1. The van der Waals surface area contributed by atoms with Crippen LogP contribution in [-0.2, 0) is 14.3 Å². The van der Waals surface area contributed by atoms with E-state index < -0.39 is 29.9 Å². The minimum atomic E-state index is -0.738. The fourth-order valence-electron chi connectivity index (χ4n) is 3.73. The first-order chi connectivity index (χ1) is 18.7. The number of anilines is 2. The van der Waals surface area contributed by atoms with Crippen molar-refractivity contribution in [3.63, 3.8) is 0 Å². The first-order valence-electron chi connectivity index (χ1n) is 12.1. The number of rotatable bonds is 9. The molecule has 0 saturated carbocycles. The molecule has 2 aliphatic heterocycles. The smallest absolute Gasteiger partial charge is 0.247 e. The summed E-state index contributed by atoms with van der Waals surface area (Å²) in [5.41, 5.74) is 1.96. The molecule has 2 aromatic rings. The quantitative estimate of drug-likeness (QED) is 0.466. The van der Waals surface area contributed by atoms with E-state index in [1.165, 1.54) is 42.7 Å². The van der Waals surface area contributed by atoms with Crippen LogP contribution in [0.25, 0.3) is 0 Å². The van der Waals surface area contributed by atoms with Gasteiger partial charge in [-0.15, -0.1) is 0 Å². The molecule has 2 aromatic carbocycles. The van der Waals surface area contributed by atoms with Gasteiger partial charge in [0.1, 0.15) is 36.6 Å². The summed E-state index contributed by atoms with van der Waals surface area (Å²) in [5, 5.41) is 10.8. The number of hydrazone groups is 1. The molecule has 39 heavy (non-hydrogen) atoms. The molecule has 2 amide bonds. The topological polar surface area (TPSA) is 108 Å². The normalized spacial score (nSPS) is 14.5. The van der Waals surface area contributed by atoms with Crippen molar-refractivity contribution in [2.24, 2.45) is 10.1 Å². The van der Waals surface area contributed by atoms with Gasteiger partial charge in [0.2, 0.25) is 17.7 Å². The van der Waals surface area contributed by atoms with Crippen LogP contribution in [0.4, 0.5) is 20.2 Å². The van der Waals surface area contributed by atoms with Crippen molar-refractivity contribution in [3.8, 4) is 5.75 Å². The summed E-state index contributed by atoms with van der Waals surface area (Å²) in [4.78, 5) is 30.5. The van der Waals surface area contributed by atoms with E-state index in [0.29, 0.717) is 24.4 Å². The summed E-state index contributed by atoms with van der Waals surface area (Å²) in [6.07, 6.45) is 3.06. The molecule has 2 N–H and O–H groups in total. The summed E-state index contributed by atoms with van der Waals surface area (Å²) in [5.74, 6) is -1.63. The number of ether oxygens (including phenoxy) is 2. The number of allylic oxidation sites excluding steroid dienone is 1. The third kappa shape index (κ3) is 7.48. The summed E-state index contributed by atoms with van der Waals surface area (Å²) in [6, 6.07) is 9.01.